The summed E-state index contributed by atoms with van der Waals surface area (Å²) in [6.07, 6.45) is 0. The van der Waals surface area contributed by atoms with Gasteiger partial charge in [0.05, 0.1) is 12.2 Å². The van der Waals surface area contributed by atoms with Crippen LogP contribution in [0, 0.1) is 5.82 Å². The number of hydrogen-bond donors (Lipinski definition) is 1. The molecule has 1 aromatic heterocycles. The normalized spacial score (nSPS) is 10.6. The molecule has 0 spiro atoms. The highest BCUT2D eigenvalue weighted by Gasteiger charge is 2.20. The van der Waals surface area contributed by atoms with Crippen molar-refractivity contribution in [2.24, 2.45) is 0 Å². The lowest BCUT2D eigenvalue weighted by atomic mass is 10.2. The van der Waals surface area contributed by atoms with Gasteiger partial charge < -0.3 is 5.32 Å². The average Bonchev–Trinajstić information content (AvgIpc) is 2.67. The molecule has 1 heterocycles. The molecule has 3 rings (SSSR count). The maximum absolute atomic E-state index is 13.2. The van der Waals surface area contributed by atoms with Crippen molar-refractivity contribution in [3.8, 4) is 5.69 Å². The summed E-state index contributed by atoms with van der Waals surface area (Å²) in [5.74, 6) is -1.16. The van der Waals surface area contributed by atoms with E-state index >= 15 is 0 Å². The number of amides is 1. The molecule has 0 radical (unpaired) electrons. The second kappa shape index (κ2) is 7.77. The molecule has 3 aromatic rings. The fraction of sp³-hybridized carbons (Fsp3) is 0.158. The van der Waals surface area contributed by atoms with Crippen molar-refractivity contribution in [3.05, 3.63) is 92.5 Å². The van der Waals surface area contributed by atoms with Gasteiger partial charge in [-0.15, -0.1) is 0 Å². The Morgan fingerprint density at radius 1 is 1.07 bits per heavy atom. The number of benzene rings is 2. The van der Waals surface area contributed by atoms with E-state index < -0.39 is 28.7 Å². The van der Waals surface area contributed by atoms with Gasteiger partial charge in [0.15, 0.2) is 0 Å². The summed E-state index contributed by atoms with van der Waals surface area (Å²) in [6.45, 7) is 1.99. The zero-order chi connectivity index (χ0) is 19.4. The first-order valence-electron chi connectivity index (χ1n) is 8.33. The third kappa shape index (κ3) is 3.84. The van der Waals surface area contributed by atoms with E-state index in [0.29, 0.717) is 6.54 Å². The number of rotatable bonds is 5. The fourth-order valence-corrected chi connectivity index (χ4v) is 2.56. The Balaban J connectivity index is 2.21. The van der Waals surface area contributed by atoms with Crippen LogP contribution in [0.15, 0.2) is 64.2 Å². The summed E-state index contributed by atoms with van der Waals surface area (Å²) in [7, 11) is 0. The number of halogens is 1. The summed E-state index contributed by atoms with van der Waals surface area (Å²) in [5, 5.41) is 6.44. The lowest BCUT2D eigenvalue weighted by Gasteiger charge is -2.12. The van der Waals surface area contributed by atoms with Crippen LogP contribution in [0.25, 0.3) is 5.69 Å². The van der Waals surface area contributed by atoms with Crippen molar-refractivity contribution in [1.29, 1.82) is 0 Å². The highest BCUT2D eigenvalue weighted by molar-refractivity contribution is 5.91. The number of carbonyl (C=O) groups is 1. The Morgan fingerprint density at radius 2 is 1.74 bits per heavy atom. The van der Waals surface area contributed by atoms with Crippen molar-refractivity contribution < 1.29 is 9.18 Å². The van der Waals surface area contributed by atoms with Crippen LogP contribution in [0.1, 0.15) is 23.0 Å². The molecule has 7 nitrogen and oxygen atoms in total. The van der Waals surface area contributed by atoms with Crippen LogP contribution >= 0.6 is 0 Å². The second-order valence-electron chi connectivity index (χ2n) is 5.76. The van der Waals surface area contributed by atoms with Gasteiger partial charge in [0.25, 0.3) is 11.5 Å². The van der Waals surface area contributed by atoms with Crippen molar-refractivity contribution in [2.45, 2.75) is 13.5 Å². The van der Waals surface area contributed by atoms with E-state index in [1.807, 2.05) is 6.07 Å². The van der Waals surface area contributed by atoms with Gasteiger partial charge in [-0.05, 0) is 36.8 Å². The maximum atomic E-state index is 13.2. The molecule has 0 unspecified atom stereocenters. The number of aromatic nitrogens is 3. The highest BCUT2D eigenvalue weighted by atomic mass is 19.1. The quantitative estimate of drug-likeness (QED) is 0.736. The third-order valence-electron chi connectivity index (χ3n) is 3.87. The molecule has 1 N–H and O–H groups in total. The smallest absolute Gasteiger partial charge is 0.351 e. The number of hydrogen-bond acceptors (Lipinski definition) is 4. The van der Waals surface area contributed by atoms with Crippen LogP contribution in [0.4, 0.5) is 4.39 Å². The molecule has 138 valence electrons. The third-order valence-corrected chi connectivity index (χ3v) is 3.87. The Hall–Kier alpha value is -3.55. The lowest BCUT2D eigenvalue weighted by Crippen LogP contribution is -2.46. The maximum Gasteiger partial charge on any atom is 0.352 e. The Kier molecular flexibility index (Phi) is 5.25. The van der Waals surface area contributed by atoms with Crippen LogP contribution in [0.5, 0.6) is 0 Å². The molecule has 0 bridgehead atoms. The molecule has 0 atom stereocenters. The molecule has 0 saturated carbocycles. The van der Waals surface area contributed by atoms with Crippen LogP contribution in [-0.2, 0) is 6.54 Å². The van der Waals surface area contributed by atoms with Gasteiger partial charge in [-0.25, -0.2) is 9.18 Å². The average molecular weight is 368 g/mol. The van der Waals surface area contributed by atoms with Crippen LogP contribution in [0.3, 0.4) is 0 Å². The predicted octanol–water partition coefficient (Wildman–Crippen LogP) is 1.33. The minimum Gasteiger partial charge on any atom is -0.351 e. The van der Waals surface area contributed by atoms with E-state index in [-0.39, 0.29) is 12.2 Å². The topological polar surface area (TPSA) is 86.0 Å². The zero-order valence-electron chi connectivity index (χ0n) is 14.6. The minimum atomic E-state index is -0.784. The molecule has 0 fully saturated rings. The van der Waals surface area contributed by atoms with Gasteiger partial charge in [0.2, 0.25) is 5.69 Å². The first kappa shape index (κ1) is 18.2. The molecular weight excluding hydrogens is 351 g/mol. The van der Waals surface area contributed by atoms with Crippen molar-refractivity contribution in [2.75, 3.05) is 6.54 Å². The Labute approximate surface area is 153 Å². The number of carbonyl (C=O) groups excluding carboxylic acids is 1. The van der Waals surface area contributed by atoms with E-state index in [1.54, 1.807) is 31.2 Å². The molecule has 0 aliphatic carbocycles. The van der Waals surface area contributed by atoms with E-state index in [4.69, 9.17) is 0 Å². The monoisotopic (exact) mass is 368 g/mol. The van der Waals surface area contributed by atoms with Gasteiger partial charge >= 0.3 is 5.69 Å². The summed E-state index contributed by atoms with van der Waals surface area (Å²) < 4.78 is 15.1. The predicted molar refractivity (Wildman–Crippen MR) is 97.6 cm³/mol. The SMILES string of the molecule is CCNC(=O)c1nn(-c2ccc(F)cc2)c(=O)n(Cc2ccccc2)c1=O. The number of nitrogens with one attached hydrogen (secondary N) is 1. The van der Waals surface area contributed by atoms with Crippen LogP contribution < -0.4 is 16.6 Å². The molecule has 1 amide bonds. The van der Waals surface area contributed by atoms with Crippen molar-refractivity contribution in [3.63, 3.8) is 0 Å². The summed E-state index contributed by atoms with van der Waals surface area (Å²) >= 11 is 0. The molecular formula is C19H17FN4O3. The van der Waals surface area contributed by atoms with Gasteiger partial charge in [-0.1, -0.05) is 30.3 Å². The van der Waals surface area contributed by atoms with Crippen LogP contribution in [0.2, 0.25) is 0 Å². The van der Waals surface area contributed by atoms with E-state index in [1.165, 1.54) is 24.3 Å². The Morgan fingerprint density at radius 3 is 2.37 bits per heavy atom. The Bertz CT molecular complexity index is 1070. The van der Waals surface area contributed by atoms with Crippen molar-refractivity contribution >= 4 is 5.91 Å². The summed E-state index contributed by atoms with van der Waals surface area (Å²) in [5.41, 5.74) is -0.947. The number of nitrogens with zero attached hydrogens (tertiary/aromatic N) is 3. The van der Waals surface area contributed by atoms with Gasteiger partial charge in [-0.2, -0.15) is 9.78 Å². The molecule has 27 heavy (non-hydrogen) atoms. The molecule has 0 saturated heterocycles. The highest BCUT2D eigenvalue weighted by Crippen LogP contribution is 2.06. The minimum absolute atomic E-state index is 0.0192. The first-order chi connectivity index (χ1) is 13.0. The molecule has 8 heteroatoms. The fourth-order valence-electron chi connectivity index (χ4n) is 2.56. The second-order valence-corrected chi connectivity index (χ2v) is 5.76. The van der Waals surface area contributed by atoms with Crippen molar-refractivity contribution in [1.82, 2.24) is 19.7 Å². The first-order valence-corrected chi connectivity index (χ1v) is 8.33. The zero-order valence-corrected chi connectivity index (χ0v) is 14.6. The standard InChI is InChI=1S/C19H17FN4O3/c1-2-21-17(25)16-18(26)23(12-13-6-4-3-5-7-13)19(27)24(22-16)15-10-8-14(20)9-11-15/h3-11H,2,12H2,1H3,(H,21,25). The molecule has 0 aliphatic rings. The summed E-state index contributed by atoms with van der Waals surface area (Å²) in [4.78, 5) is 37.8. The van der Waals surface area contributed by atoms with Crippen LogP contribution in [-0.4, -0.2) is 26.8 Å². The summed E-state index contributed by atoms with van der Waals surface area (Å²) in [6, 6.07) is 13.9. The van der Waals surface area contributed by atoms with Gasteiger partial charge in [0.1, 0.15) is 5.82 Å². The molecule has 0 aliphatic heterocycles. The van der Waals surface area contributed by atoms with E-state index in [2.05, 4.69) is 10.4 Å². The van der Waals surface area contributed by atoms with Gasteiger partial charge in [-0.3, -0.25) is 14.2 Å². The largest absolute Gasteiger partial charge is 0.352 e. The van der Waals surface area contributed by atoms with Gasteiger partial charge in [0, 0.05) is 6.54 Å². The van der Waals surface area contributed by atoms with E-state index in [0.717, 1.165) is 14.8 Å². The molecule has 2 aromatic carbocycles. The van der Waals surface area contributed by atoms with E-state index in [9.17, 15) is 18.8 Å². The lowest BCUT2D eigenvalue weighted by molar-refractivity contribution is 0.0946.